The number of carboxylic acid groups (broad SMARTS) is 1. The first-order chi connectivity index (χ1) is 6.07. The molecular formula is C9H16BrNO2. The Bertz CT molecular complexity index is 182. The zero-order valence-electron chi connectivity index (χ0n) is 7.85. The van der Waals surface area contributed by atoms with Crippen molar-refractivity contribution in [2.75, 3.05) is 6.54 Å². The van der Waals surface area contributed by atoms with E-state index in [0.29, 0.717) is 13.0 Å². The van der Waals surface area contributed by atoms with Gasteiger partial charge in [-0.05, 0) is 6.42 Å². The highest BCUT2D eigenvalue weighted by Crippen LogP contribution is 2.03. The van der Waals surface area contributed by atoms with Gasteiger partial charge in [0, 0.05) is 11.0 Å². The molecule has 0 amide bonds. The Morgan fingerprint density at radius 2 is 2.31 bits per heavy atom. The fraction of sp³-hybridized carbons (Fsp3) is 0.667. The first kappa shape index (κ1) is 12.7. The summed E-state index contributed by atoms with van der Waals surface area (Å²) < 4.78 is 0.773. The Balaban J connectivity index is 3.80. The Kier molecular flexibility index (Phi) is 6.90. The zero-order chi connectivity index (χ0) is 10.3. The molecule has 0 saturated carbocycles. The second kappa shape index (κ2) is 7.09. The molecule has 0 bridgehead atoms. The topological polar surface area (TPSA) is 49.3 Å². The number of hydrogen-bond donors (Lipinski definition) is 2. The third kappa shape index (κ3) is 6.78. The molecule has 13 heavy (non-hydrogen) atoms. The number of nitrogens with one attached hydrogen (secondary N) is 1. The summed E-state index contributed by atoms with van der Waals surface area (Å²) >= 11 is 3.17. The van der Waals surface area contributed by atoms with Crippen molar-refractivity contribution in [1.82, 2.24) is 5.32 Å². The second-order valence-electron chi connectivity index (χ2n) is 2.93. The molecule has 0 aromatic rings. The van der Waals surface area contributed by atoms with Crippen LogP contribution in [0.3, 0.4) is 0 Å². The molecule has 0 saturated heterocycles. The van der Waals surface area contributed by atoms with Crippen molar-refractivity contribution in [2.24, 2.45) is 0 Å². The maximum atomic E-state index is 10.7. The molecule has 1 atom stereocenters. The molecule has 0 heterocycles. The molecule has 0 radical (unpaired) electrons. The van der Waals surface area contributed by atoms with E-state index < -0.39 is 12.0 Å². The number of carboxylic acids is 1. The van der Waals surface area contributed by atoms with E-state index in [1.165, 1.54) is 0 Å². The summed E-state index contributed by atoms with van der Waals surface area (Å²) in [6.07, 6.45) is 2.62. The van der Waals surface area contributed by atoms with Crippen LogP contribution in [0.15, 0.2) is 11.1 Å². The van der Waals surface area contributed by atoms with Crippen LogP contribution in [0.5, 0.6) is 0 Å². The molecule has 0 fully saturated rings. The van der Waals surface area contributed by atoms with Crippen LogP contribution in [0.2, 0.25) is 0 Å². The Morgan fingerprint density at radius 3 is 2.69 bits per heavy atom. The van der Waals surface area contributed by atoms with E-state index >= 15 is 0 Å². The van der Waals surface area contributed by atoms with Gasteiger partial charge in [-0.2, -0.15) is 0 Å². The van der Waals surface area contributed by atoms with Crippen LogP contribution in [-0.4, -0.2) is 23.7 Å². The molecule has 76 valence electrons. The fourth-order valence-corrected chi connectivity index (χ4v) is 1.12. The molecule has 0 spiro atoms. The molecule has 3 nitrogen and oxygen atoms in total. The molecular weight excluding hydrogens is 234 g/mol. The van der Waals surface area contributed by atoms with Crippen LogP contribution < -0.4 is 5.32 Å². The molecule has 2 N–H and O–H groups in total. The van der Waals surface area contributed by atoms with Crippen molar-refractivity contribution in [1.29, 1.82) is 0 Å². The molecule has 4 heteroatoms. The normalized spacial score (nSPS) is 12.5. The minimum Gasteiger partial charge on any atom is -0.480 e. The maximum absolute atomic E-state index is 10.7. The lowest BCUT2D eigenvalue weighted by Crippen LogP contribution is -2.37. The molecule has 1 unspecified atom stereocenters. The third-order valence-corrected chi connectivity index (χ3v) is 1.97. The van der Waals surface area contributed by atoms with Crippen molar-refractivity contribution < 1.29 is 9.90 Å². The van der Waals surface area contributed by atoms with Crippen molar-refractivity contribution >= 4 is 21.9 Å². The predicted octanol–water partition coefficient (Wildman–Crippen LogP) is 2.13. The number of carbonyl (C=O) groups is 1. The van der Waals surface area contributed by atoms with E-state index in [9.17, 15) is 4.79 Å². The van der Waals surface area contributed by atoms with Gasteiger partial charge < -0.3 is 5.11 Å². The van der Waals surface area contributed by atoms with Gasteiger partial charge in [0.25, 0.3) is 0 Å². The molecule has 0 rings (SSSR count). The zero-order valence-corrected chi connectivity index (χ0v) is 9.43. The number of halogens is 1. The quantitative estimate of drug-likeness (QED) is 0.727. The Labute approximate surface area is 87.3 Å². The summed E-state index contributed by atoms with van der Waals surface area (Å²) in [5.41, 5.74) is 0. The summed E-state index contributed by atoms with van der Waals surface area (Å²) in [5, 5.41) is 11.7. The van der Waals surface area contributed by atoms with Gasteiger partial charge in [-0.3, -0.25) is 10.1 Å². The smallest absolute Gasteiger partial charge is 0.320 e. The predicted molar refractivity (Wildman–Crippen MR) is 57.0 cm³/mol. The summed E-state index contributed by atoms with van der Waals surface area (Å²) in [6, 6.07) is -0.450. The van der Waals surface area contributed by atoms with Crippen LogP contribution >= 0.6 is 15.9 Å². The van der Waals surface area contributed by atoms with Crippen molar-refractivity contribution in [2.45, 2.75) is 32.2 Å². The lowest BCUT2D eigenvalue weighted by Gasteiger charge is -2.12. The van der Waals surface area contributed by atoms with Crippen molar-refractivity contribution in [3.05, 3.63) is 11.1 Å². The maximum Gasteiger partial charge on any atom is 0.320 e. The Hall–Kier alpha value is -0.350. The highest BCUT2D eigenvalue weighted by molar-refractivity contribution is 9.11. The second-order valence-corrected chi connectivity index (χ2v) is 4.05. The van der Waals surface area contributed by atoms with Gasteiger partial charge in [0.05, 0.1) is 0 Å². The van der Waals surface area contributed by atoms with Gasteiger partial charge in [0.2, 0.25) is 0 Å². The average molecular weight is 250 g/mol. The van der Waals surface area contributed by atoms with Gasteiger partial charge in [0.1, 0.15) is 6.04 Å². The standard InChI is InChI=1S/C9H16BrNO2/c1-3-4-5-8(9(12)13)11-6-7(2)10/h8,11H,2-6H2,1H3,(H,12,13). The molecule has 0 aromatic carbocycles. The van der Waals surface area contributed by atoms with Gasteiger partial charge >= 0.3 is 5.97 Å². The first-order valence-corrected chi connectivity index (χ1v) is 5.16. The van der Waals surface area contributed by atoms with Gasteiger partial charge in [-0.1, -0.05) is 42.3 Å². The van der Waals surface area contributed by atoms with E-state index in [2.05, 4.69) is 27.8 Å². The van der Waals surface area contributed by atoms with E-state index in [1.807, 2.05) is 6.92 Å². The SMILES string of the molecule is C=C(Br)CNC(CCCC)C(=O)O. The van der Waals surface area contributed by atoms with Crippen LogP contribution in [0.25, 0.3) is 0 Å². The summed E-state index contributed by atoms with van der Waals surface area (Å²) in [5.74, 6) is -0.790. The number of aliphatic carboxylic acids is 1. The van der Waals surface area contributed by atoms with E-state index in [0.717, 1.165) is 17.3 Å². The first-order valence-electron chi connectivity index (χ1n) is 4.37. The number of rotatable bonds is 7. The molecule has 0 aliphatic rings. The number of hydrogen-bond acceptors (Lipinski definition) is 2. The fourth-order valence-electron chi connectivity index (χ4n) is 0.955. The summed E-state index contributed by atoms with van der Waals surface area (Å²) in [4.78, 5) is 10.7. The van der Waals surface area contributed by atoms with E-state index in [-0.39, 0.29) is 0 Å². The van der Waals surface area contributed by atoms with E-state index in [4.69, 9.17) is 5.11 Å². The Morgan fingerprint density at radius 1 is 1.69 bits per heavy atom. The molecule has 0 aromatic heterocycles. The summed E-state index contributed by atoms with van der Waals surface area (Å²) in [6.45, 7) is 6.17. The summed E-state index contributed by atoms with van der Waals surface area (Å²) in [7, 11) is 0. The third-order valence-electron chi connectivity index (χ3n) is 1.68. The van der Waals surface area contributed by atoms with Crippen LogP contribution in [-0.2, 0) is 4.79 Å². The lowest BCUT2D eigenvalue weighted by molar-refractivity contribution is -0.139. The number of unbranched alkanes of at least 4 members (excludes halogenated alkanes) is 1. The van der Waals surface area contributed by atoms with Crippen LogP contribution in [0.1, 0.15) is 26.2 Å². The molecule has 0 aliphatic carbocycles. The van der Waals surface area contributed by atoms with Gasteiger partial charge in [-0.25, -0.2) is 0 Å². The molecule has 0 aliphatic heterocycles. The average Bonchev–Trinajstić information content (AvgIpc) is 2.03. The minimum atomic E-state index is -0.790. The highest BCUT2D eigenvalue weighted by Gasteiger charge is 2.15. The monoisotopic (exact) mass is 249 g/mol. The largest absolute Gasteiger partial charge is 0.480 e. The van der Waals surface area contributed by atoms with Crippen molar-refractivity contribution in [3.8, 4) is 0 Å². The van der Waals surface area contributed by atoms with Crippen LogP contribution in [0.4, 0.5) is 0 Å². The van der Waals surface area contributed by atoms with Gasteiger partial charge in [-0.15, -0.1) is 0 Å². The lowest BCUT2D eigenvalue weighted by atomic mass is 10.1. The van der Waals surface area contributed by atoms with Crippen LogP contribution in [0, 0.1) is 0 Å². The van der Waals surface area contributed by atoms with Crippen molar-refractivity contribution in [3.63, 3.8) is 0 Å². The highest BCUT2D eigenvalue weighted by atomic mass is 79.9. The van der Waals surface area contributed by atoms with E-state index in [1.54, 1.807) is 0 Å². The minimum absolute atomic E-state index is 0.450. The van der Waals surface area contributed by atoms with Gasteiger partial charge in [0.15, 0.2) is 0 Å².